The van der Waals surface area contributed by atoms with Gasteiger partial charge in [0, 0.05) is 24.5 Å². The highest BCUT2D eigenvalue weighted by atomic mass is 16.4. The van der Waals surface area contributed by atoms with Gasteiger partial charge in [-0.05, 0) is 31.4 Å². The summed E-state index contributed by atoms with van der Waals surface area (Å²) in [5.74, 6) is -1.11. The number of hydrogen-bond acceptors (Lipinski definition) is 3. The zero-order valence-electron chi connectivity index (χ0n) is 11.1. The molecule has 5 heteroatoms. The molecule has 104 valence electrons. The van der Waals surface area contributed by atoms with E-state index in [9.17, 15) is 9.59 Å². The number of nitrogens with zero attached hydrogens (tertiary/aromatic N) is 1. The minimum Gasteiger partial charge on any atom is -0.477 e. The third kappa shape index (κ3) is 2.15. The monoisotopic (exact) mass is 272 g/mol. The summed E-state index contributed by atoms with van der Waals surface area (Å²) in [5, 5.41) is 9.63. The van der Waals surface area contributed by atoms with E-state index in [0.29, 0.717) is 10.9 Å². The lowest BCUT2D eigenvalue weighted by molar-refractivity contribution is 0.0691. The maximum atomic E-state index is 12.0. The van der Waals surface area contributed by atoms with Gasteiger partial charge in [0.05, 0.1) is 11.2 Å². The number of rotatable bonds is 2. The molecule has 0 amide bonds. The molecule has 1 aromatic heterocycles. The Morgan fingerprint density at radius 3 is 2.65 bits per heavy atom. The Hall–Kier alpha value is -2.30. The highest BCUT2D eigenvalue weighted by molar-refractivity contribution is 5.95. The molecule has 0 unspecified atom stereocenters. The van der Waals surface area contributed by atoms with Crippen molar-refractivity contribution in [3.63, 3.8) is 0 Å². The molecule has 1 aliphatic rings. The number of anilines is 1. The zero-order valence-corrected chi connectivity index (χ0v) is 11.1. The molecular weight excluding hydrogens is 256 g/mol. The van der Waals surface area contributed by atoms with Crippen LogP contribution in [0, 0.1) is 0 Å². The molecule has 0 aliphatic carbocycles. The molecule has 0 bridgehead atoms. The third-order valence-electron chi connectivity index (χ3n) is 3.77. The van der Waals surface area contributed by atoms with E-state index in [4.69, 9.17) is 5.11 Å². The summed E-state index contributed by atoms with van der Waals surface area (Å²) in [4.78, 5) is 28.2. The molecule has 1 saturated heterocycles. The molecule has 1 aromatic carbocycles. The van der Waals surface area contributed by atoms with E-state index in [-0.39, 0.29) is 11.1 Å². The van der Waals surface area contributed by atoms with Crippen molar-refractivity contribution in [2.45, 2.75) is 19.3 Å². The summed E-state index contributed by atoms with van der Waals surface area (Å²) in [6.07, 6.45) is 3.47. The van der Waals surface area contributed by atoms with E-state index in [0.717, 1.165) is 37.7 Å². The van der Waals surface area contributed by atoms with Gasteiger partial charge < -0.3 is 15.0 Å². The summed E-state index contributed by atoms with van der Waals surface area (Å²) in [5.41, 5.74) is 1.23. The molecule has 3 rings (SSSR count). The maximum Gasteiger partial charge on any atom is 0.352 e. The highest BCUT2D eigenvalue weighted by Gasteiger charge is 2.16. The number of fused-ring (bicyclic) bond motifs is 1. The van der Waals surface area contributed by atoms with Crippen LogP contribution >= 0.6 is 0 Å². The van der Waals surface area contributed by atoms with Crippen molar-refractivity contribution in [3.8, 4) is 0 Å². The predicted octanol–water partition coefficient (Wildman–Crippen LogP) is 2.22. The average Bonchev–Trinajstić information content (AvgIpc) is 2.47. The van der Waals surface area contributed by atoms with Crippen LogP contribution in [0.2, 0.25) is 0 Å². The second kappa shape index (κ2) is 5.00. The second-order valence-corrected chi connectivity index (χ2v) is 5.10. The normalized spacial score (nSPS) is 15.5. The van der Waals surface area contributed by atoms with Gasteiger partial charge in [-0.1, -0.05) is 6.07 Å². The molecule has 20 heavy (non-hydrogen) atoms. The van der Waals surface area contributed by atoms with E-state index >= 15 is 0 Å². The van der Waals surface area contributed by atoms with Gasteiger partial charge in [-0.25, -0.2) is 4.79 Å². The Kier molecular flexibility index (Phi) is 3.18. The molecule has 0 saturated carbocycles. The quantitative estimate of drug-likeness (QED) is 0.879. The number of carboxylic acid groups (broad SMARTS) is 1. The van der Waals surface area contributed by atoms with Crippen molar-refractivity contribution in [1.29, 1.82) is 0 Å². The molecule has 2 aromatic rings. The lowest BCUT2D eigenvalue weighted by Crippen LogP contribution is -2.30. The van der Waals surface area contributed by atoms with E-state index < -0.39 is 5.97 Å². The number of piperidine rings is 1. The minimum atomic E-state index is -1.11. The minimum absolute atomic E-state index is 0.0630. The molecule has 1 fully saturated rings. The molecule has 0 spiro atoms. The summed E-state index contributed by atoms with van der Waals surface area (Å²) in [6.45, 7) is 1.89. The first-order chi connectivity index (χ1) is 9.66. The van der Waals surface area contributed by atoms with Crippen LogP contribution in [0.15, 0.2) is 29.1 Å². The zero-order chi connectivity index (χ0) is 14.1. The number of aromatic nitrogens is 1. The van der Waals surface area contributed by atoms with Gasteiger partial charge in [-0.15, -0.1) is 0 Å². The van der Waals surface area contributed by atoms with Crippen molar-refractivity contribution in [2.24, 2.45) is 0 Å². The molecular formula is C15H16N2O3. The molecule has 2 heterocycles. The highest BCUT2D eigenvalue weighted by Crippen LogP contribution is 2.26. The predicted molar refractivity (Wildman–Crippen MR) is 77.6 cm³/mol. The largest absolute Gasteiger partial charge is 0.477 e. The number of carboxylic acids is 1. The van der Waals surface area contributed by atoms with Crippen LogP contribution in [-0.4, -0.2) is 29.1 Å². The van der Waals surface area contributed by atoms with Crippen molar-refractivity contribution in [3.05, 3.63) is 40.2 Å². The first kappa shape index (κ1) is 12.7. The Morgan fingerprint density at radius 1 is 1.20 bits per heavy atom. The van der Waals surface area contributed by atoms with Crippen LogP contribution in [0.25, 0.3) is 10.9 Å². The molecule has 0 radical (unpaired) electrons. The lowest BCUT2D eigenvalue weighted by Gasteiger charge is -2.29. The van der Waals surface area contributed by atoms with Crippen LogP contribution < -0.4 is 10.3 Å². The smallest absolute Gasteiger partial charge is 0.352 e. The Labute approximate surface area is 115 Å². The Morgan fingerprint density at radius 2 is 1.95 bits per heavy atom. The fourth-order valence-electron chi connectivity index (χ4n) is 2.77. The van der Waals surface area contributed by atoms with Crippen LogP contribution in [0.3, 0.4) is 0 Å². The third-order valence-corrected chi connectivity index (χ3v) is 3.77. The van der Waals surface area contributed by atoms with Gasteiger partial charge in [-0.3, -0.25) is 4.79 Å². The van der Waals surface area contributed by atoms with Crippen LogP contribution in [0.5, 0.6) is 0 Å². The fraction of sp³-hybridized carbons (Fsp3) is 0.333. The number of nitrogens with one attached hydrogen (secondary N) is 1. The van der Waals surface area contributed by atoms with Gasteiger partial charge in [-0.2, -0.15) is 0 Å². The van der Waals surface area contributed by atoms with E-state index in [2.05, 4.69) is 9.88 Å². The van der Waals surface area contributed by atoms with Gasteiger partial charge in [0.2, 0.25) is 0 Å². The molecule has 2 N–H and O–H groups in total. The van der Waals surface area contributed by atoms with Crippen molar-refractivity contribution in [2.75, 3.05) is 18.0 Å². The first-order valence-electron chi connectivity index (χ1n) is 6.81. The van der Waals surface area contributed by atoms with Crippen molar-refractivity contribution < 1.29 is 9.90 Å². The molecule has 1 aliphatic heterocycles. The van der Waals surface area contributed by atoms with E-state index in [1.165, 1.54) is 6.42 Å². The van der Waals surface area contributed by atoms with E-state index in [1.807, 2.05) is 12.1 Å². The van der Waals surface area contributed by atoms with Crippen LogP contribution in [0.1, 0.15) is 29.8 Å². The number of para-hydroxylation sites is 1. The van der Waals surface area contributed by atoms with Crippen molar-refractivity contribution >= 4 is 22.6 Å². The number of pyridine rings is 1. The summed E-state index contributed by atoms with van der Waals surface area (Å²) < 4.78 is 0. The summed E-state index contributed by atoms with van der Waals surface area (Å²) in [6, 6.07) is 6.66. The number of aromatic carboxylic acids is 1. The number of aromatic amines is 1. The summed E-state index contributed by atoms with van der Waals surface area (Å²) in [7, 11) is 0. The van der Waals surface area contributed by atoms with Crippen molar-refractivity contribution in [1.82, 2.24) is 4.98 Å². The van der Waals surface area contributed by atoms with Gasteiger partial charge in [0.25, 0.3) is 0 Å². The second-order valence-electron chi connectivity index (χ2n) is 5.10. The fourth-order valence-corrected chi connectivity index (χ4v) is 2.77. The van der Waals surface area contributed by atoms with Gasteiger partial charge in [0.1, 0.15) is 5.69 Å². The Bertz CT molecular complexity index is 715. The standard InChI is InChI=1S/C15H16N2O3/c18-13-9-11(15(19)20)16-14-10(13)5-4-6-12(14)17-7-2-1-3-8-17/h4-6,9H,1-3,7-8H2,(H,16,18)(H,19,20). The average molecular weight is 272 g/mol. The number of benzene rings is 1. The number of H-pyrrole nitrogens is 1. The summed E-state index contributed by atoms with van der Waals surface area (Å²) >= 11 is 0. The first-order valence-corrected chi connectivity index (χ1v) is 6.81. The van der Waals surface area contributed by atoms with Crippen LogP contribution in [-0.2, 0) is 0 Å². The number of carbonyl (C=O) groups is 1. The van der Waals surface area contributed by atoms with E-state index in [1.54, 1.807) is 6.07 Å². The number of hydrogen-bond donors (Lipinski definition) is 2. The van der Waals surface area contributed by atoms with Gasteiger partial charge >= 0.3 is 5.97 Å². The Balaban J connectivity index is 2.21. The topological polar surface area (TPSA) is 73.4 Å². The lowest BCUT2D eigenvalue weighted by atomic mass is 10.1. The molecule has 0 atom stereocenters. The molecule has 5 nitrogen and oxygen atoms in total. The maximum absolute atomic E-state index is 12.0. The SMILES string of the molecule is O=C(O)c1cc(=O)c2cccc(N3CCCCC3)c2[nH]1. The van der Waals surface area contributed by atoms with Crippen LogP contribution in [0.4, 0.5) is 5.69 Å². The van der Waals surface area contributed by atoms with Gasteiger partial charge in [0.15, 0.2) is 5.43 Å².